The van der Waals surface area contributed by atoms with E-state index in [9.17, 15) is 0 Å². The lowest BCUT2D eigenvalue weighted by Crippen LogP contribution is -2.17. The van der Waals surface area contributed by atoms with E-state index in [-0.39, 0.29) is 6.04 Å². The van der Waals surface area contributed by atoms with Gasteiger partial charge in [0.1, 0.15) is 0 Å². The van der Waals surface area contributed by atoms with Gasteiger partial charge in [0.15, 0.2) is 0 Å². The largest absolute Gasteiger partial charge is 0.309 e. The lowest BCUT2D eigenvalue weighted by atomic mass is 9.95. The first-order valence-electron chi connectivity index (χ1n) is 7.53. The molecule has 2 aromatic rings. The highest BCUT2D eigenvalue weighted by molar-refractivity contribution is 9.10. The molecule has 112 valence electrons. The first-order chi connectivity index (χ1) is 10.0. The van der Waals surface area contributed by atoms with Crippen molar-refractivity contribution in [2.24, 2.45) is 5.92 Å². The summed E-state index contributed by atoms with van der Waals surface area (Å²) in [6.45, 7) is 6.63. The molecule has 0 radical (unpaired) electrons. The molecule has 0 saturated carbocycles. The van der Waals surface area contributed by atoms with Crippen molar-refractivity contribution in [1.82, 2.24) is 5.32 Å². The average molecular weight is 346 g/mol. The molecule has 1 atom stereocenters. The Labute approximate surface area is 136 Å². The molecule has 1 N–H and O–H groups in total. The van der Waals surface area contributed by atoms with E-state index in [0.717, 1.165) is 10.9 Å². The maximum Gasteiger partial charge on any atom is 0.0574 e. The van der Waals surface area contributed by atoms with Gasteiger partial charge < -0.3 is 5.32 Å². The fourth-order valence-corrected chi connectivity index (χ4v) is 3.03. The Morgan fingerprint density at radius 3 is 2.14 bits per heavy atom. The van der Waals surface area contributed by atoms with Gasteiger partial charge in [-0.1, -0.05) is 66.2 Å². The Hall–Kier alpha value is -1.12. The van der Waals surface area contributed by atoms with E-state index in [1.165, 1.54) is 22.3 Å². The molecule has 1 unspecified atom stereocenters. The normalized spacial score (nSPS) is 12.7. The predicted octanol–water partition coefficient (Wildman–Crippen LogP) is 5.26. The molecule has 2 rings (SSSR count). The molecule has 0 amide bonds. The summed E-state index contributed by atoms with van der Waals surface area (Å²) >= 11 is 3.63. The number of nitrogens with one attached hydrogen (secondary N) is 1. The summed E-state index contributed by atoms with van der Waals surface area (Å²) in [4.78, 5) is 0. The summed E-state index contributed by atoms with van der Waals surface area (Å²) in [5.41, 5.74) is 5.27. The molecule has 2 heteroatoms. The van der Waals surface area contributed by atoms with Crippen LogP contribution in [0.3, 0.4) is 0 Å². The van der Waals surface area contributed by atoms with Gasteiger partial charge in [-0.05, 0) is 54.6 Å². The minimum absolute atomic E-state index is 0.231. The van der Waals surface area contributed by atoms with E-state index in [0.29, 0.717) is 5.92 Å². The number of hydrogen-bond acceptors (Lipinski definition) is 1. The van der Waals surface area contributed by atoms with Gasteiger partial charge in [0.2, 0.25) is 0 Å². The molecule has 1 nitrogen and oxygen atoms in total. The number of rotatable bonds is 5. The zero-order valence-corrected chi connectivity index (χ0v) is 14.9. The van der Waals surface area contributed by atoms with Crippen LogP contribution in [-0.2, 0) is 6.42 Å². The Morgan fingerprint density at radius 2 is 1.62 bits per heavy atom. The highest BCUT2D eigenvalue weighted by Crippen LogP contribution is 2.26. The highest BCUT2D eigenvalue weighted by atomic mass is 79.9. The zero-order chi connectivity index (χ0) is 15.4. The van der Waals surface area contributed by atoms with Crippen LogP contribution in [0.1, 0.15) is 42.1 Å². The molecular weight excluding hydrogens is 322 g/mol. The molecule has 0 heterocycles. The molecule has 21 heavy (non-hydrogen) atoms. The highest BCUT2D eigenvalue weighted by Gasteiger charge is 2.13. The van der Waals surface area contributed by atoms with Crippen LogP contribution in [0.5, 0.6) is 0 Å². The molecule has 0 aliphatic heterocycles. The van der Waals surface area contributed by atoms with E-state index in [4.69, 9.17) is 0 Å². The van der Waals surface area contributed by atoms with E-state index in [1.54, 1.807) is 0 Å². The second kappa shape index (κ2) is 7.24. The van der Waals surface area contributed by atoms with Crippen molar-refractivity contribution >= 4 is 15.9 Å². The van der Waals surface area contributed by atoms with Crippen molar-refractivity contribution in [3.05, 3.63) is 69.2 Å². The maximum absolute atomic E-state index is 3.63. The van der Waals surface area contributed by atoms with Gasteiger partial charge in [-0.15, -0.1) is 0 Å². The van der Waals surface area contributed by atoms with Gasteiger partial charge in [0.05, 0.1) is 6.04 Å². The fraction of sp³-hybridized carbons (Fsp3) is 0.368. The van der Waals surface area contributed by atoms with Crippen LogP contribution < -0.4 is 5.32 Å². The molecule has 0 bridgehead atoms. The van der Waals surface area contributed by atoms with Gasteiger partial charge >= 0.3 is 0 Å². The van der Waals surface area contributed by atoms with Gasteiger partial charge in [-0.25, -0.2) is 0 Å². The van der Waals surface area contributed by atoms with Gasteiger partial charge in [0.25, 0.3) is 0 Å². The fourth-order valence-electron chi connectivity index (χ4n) is 2.63. The predicted molar refractivity (Wildman–Crippen MR) is 94.8 cm³/mol. The van der Waals surface area contributed by atoms with Crippen LogP contribution in [0.2, 0.25) is 0 Å². The van der Waals surface area contributed by atoms with Crippen LogP contribution in [0.4, 0.5) is 0 Å². The van der Waals surface area contributed by atoms with E-state index < -0.39 is 0 Å². The van der Waals surface area contributed by atoms with Crippen molar-refractivity contribution in [1.29, 1.82) is 0 Å². The van der Waals surface area contributed by atoms with Crippen molar-refractivity contribution in [3.8, 4) is 0 Å². The SMILES string of the molecule is CNC(c1ccc(CC(C)C)cc1)c1ccc(C)c(Br)c1. The minimum atomic E-state index is 0.231. The second-order valence-corrected chi connectivity index (χ2v) is 6.92. The Bertz CT molecular complexity index is 587. The molecular formula is C19H24BrN. The van der Waals surface area contributed by atoms with Crippen molar-refractivity contribution in [2.45, 2.75) is 33.2 Å². The van der Waals surface area contributed by atoms with Crippen LogP contribution in [0, 0.1) is 12.8 Å². The second-order valence-electron chi connectivity index (χ2n) is 6.07. The third kappa shape index (κ3) is 4.18. The minimum Gasteiger partial charge on any atom is -0.309 e. The summed E-state index contributed by atoms with van der Waals surface area (Å²) in [6.07, 6.45) is 1.14. The van der Waals surface area contributed by atoms with Crippen LogP contribution in [-0.4, -0.2) is 7.05 Å². The molecule has 2 aromatic carbocycles. The monoisotopic (exact) mass is 345 g/mol. The zero-order valence-electron chi connectivity index (χ0n) is 13.3. The van der Waals surface area contributed by atoms with E-state index in [2.05, 4.69) is 84.5 Å². The summed E-state index contributed by atoms with van der Waals surface area (Å²) in [5.74, 6) is 0.698. The molecule has 0 spiro atoms. The lowest BCUT2D eigenvalue weighted by molar-refractivity contribution is 0.645. The topological polar surface area (TPSA) is 12.0 Å². The van der Waals surface area contributed by atoms with E-state index >= 15 is 0 Å². The van der Waals surface area contributed by atoms with Gasteiger partial charge in [-0.3, -0.25) is 0 Å². The van der Waals surface area contributed by atoms with Crippen LogP contribution >= 0.6 is 15.9 Å². The van der Waals surface area contributed by atoms with Crippen molar-refractivity contribution in [3.63, 3.8) is 0 Å². The summed E-state index contributed by atoms with van der Waals surface area (Å²) in [5, 5.41) is 3.42. The number of benzene rings is 2. The number of hydrogen-bond donors (Lipinski definition) is 1. The Kier molecular flexibility index (Phi) is 5.60. The summed E-state index contributed by atoms with van der Waals surface area (Å²) in [7, 11) is 2.01. The first-order valence-corrected chi connectivity index (χ1v) is 8.32. The lowest BCUT2D eigenvalue weighted by Gasteiger charge is -2.19. The molecule has 0 fully saturated rings. The smallest absolute Gasteiger partial charge is 0.0574 e. The van der Waals surface area contributed by atoms with Crippen molar-refractivity contribution in [2.75, 3.05) is 7.05 Å². The summed E-state index contributed by atoms with van der Waals surface area (Å²) in [6, 6.07) is 15.8. The first kappa shape index (κ1) is 16.3. The number of halogens is 1. The third-order valence-electron chi connectivity index (χ3n) is 3.77. The Balaban J connectivity index is 2.26. The maximum atomic E-state index is 3.63. The number of aryl methyl sites for hydroxylation is 1. The standard InChI is InChI=1S/C19H24BrN/c1-13(2)11-15-6-9-16(10-7-15)19(21-4)17-8-5-14(3)18(20)12-17/h5-10,12-13,19,21H,11H2,1-4H3. The average Bonchev–Trinajstić information content (AvgIpc) is 2.45. The quantitative estimate of drug-likeness (QED) is 0.778. The molecule has 0 aromatic heterocycles. The van der Waals surface area contributed by atoms with Crippen molar-refractivity contribution < 1.29 is 0 Å². The van der Waals surface area contributed by atoms with Gasteiger partial charge in [-0.2, -0.15) is 0 Å². The van der Waals surface area contributed by atoms with E-state index in [1.807, 2.05) is 7.05 Å². The Morgan fingerprint density at radius 1 is 1.00 bits per heavy atom. The molecule has 0 aliphatic carbocycles. The molecule has 0 saturated heterocycles. The van der Waals surface area contributed by atoms with Crippen LogP contribution in [0.25, 0.3) is 0 Å². The third-order valence-corrected chi connectivity index (χ3v) is 4.63. The molecule has 0 aliphatic rings. The summed E-state index contributed by atoms with van der Waals surface area (Å²) < 4.78 is 1.16. The van der Waals surface area contributed by atoms with Crippen LogP contribution in [0.15, 0.2) is 46.9 Å². The van der Waals surface area contributed by atoms with Gasteiger partial charge in [0, 0.05) is 4.47 Å².